The van der Waals surface area contributed by atoms with E-state index in [0.29, 0.717) is 43.7 Å². The number of piperazine rings is 1. The quantitative estimate of drug-likeness (QED) is 0.796. The Balaban J connectivity index is 1.69. The van der Waals surface area contributed by atoms with Crippen molar-refractivity contribution in [2.75, 3.05) is 42.5 Å². The van der Waals surface area contributed by atoms with E-state index in [1.807, 2.05) is 39.8 Å². The van der Waals surface area contributed by atoms with Crippen LogP contribution in [0.4, 0.5) is 20.8 Å². The lowest BCUT2D eigenvalue weighted by atomic mass is 10.1. The molecule has 27 heavy (non-hydrogen) atoms. The number of carbonyl (C=O) groups is 1. The van der Waals surface area contributed by atoms with Crippen LogP contribution in [0.3, 0.4) is 0 Å². The van der Waals surface area contributed by atoms with Gasteiger partial charge in [-0.15, -0.1) is 0 Å². The summed E-state index contributed by atoms with van der Waals surface area (Å²) in [5, 5.41) is 0.660. The van der Waals surface area contributed by atoms with Crippen LogP contribution in [0.15, 0.2) is 30.6 Å². The molecule has 1 aliphatic rings. The first-order valence-electron chi connectivity index (χ1n) is 9.04. The minimum Gasteiger partial charge on any atom is -0.337 e. The molecule has 8 heteroatoms. The average Bonchev–Trinajstić information content (AvgIpc) is 2.67. The summed E-state index contributed by atoms with van der Waals surface area (Å²) in [6.07, 6.45) is 3.18. The van der Waals surface area contributed by atoms with Gasteiger partial charge in [-0.1, -0.05) is 18.5 Å². The summed E-state index contributed by atoms with van der Waals surface area (Å²) in [5.74, 6) is 0.0311. The number of aryl methyl sites for hydroxylation is 1. The zero-order chi connectivity index (χ0) is 19.4. The fourth-order valence-electron chi connectivity index (χ4n) is 3.20. The maximum atomic E-state index is 13.1. The first kappa shape index (κ1) is 19.4. The Kier molecular flexibility index (Phi) is 6.11. The number of hydrogen-bond acceptors (Lipinski definition) is 4. The minimum absolute atomic E-state index is 0.0121. The molecule has 2 heterocycles. The zero-order valence-electron chi connectivity index (χ0n) is 15.5. The topological polar surface area (TPSA) is 52.6 Å². The Morgan fingerprint density at radius 3 is 2.48 bits per heavy atom. The van der Waals surface area contributed by atoms with Crippen molar-refractivity contribution in [2.24, 2.45) is 0 Å². The maximum absolute atomic E-state index is 13.1. The first-order valence-corrected chi connectivity index (χ1v) is 9.42. The van der Waals surface area contributed by atoms with Crippen molar-refractivity contribution in [3.8, 4) is 0 Å². The minimum atomic E-state index is -0.457. The van der Waals surface area contributed by atoms with Gasteiger partial charge in [-0.2, -0.15) is 0 Å². The molecule has 0 aliphatic carbocycles. The van der Waals surface area contributed by atoms with Crippen molar-refractivity contribution in [1.29, 1.82) is 0 Å². The van der Waals surface area contributed by atoms with E-state index in [0.717, 1.165) is 30.1 Å². The number of carbonyl (C=O) groups excluding carboxylic acids is 1. The molecular weight excluding hydrogens is 369 g/mol. The molecule has 0 spiro atoms. The molecule has 6 nitrogen and oxygen atoms in total. The Labute approximate surface area is 163 Å². The Morgan fingerprint density at radius 2 is 1.89 bits per heavy atom. The number of anilines is 2. The lowest BCUT2D eigenvalue weighted by Gasteiger charge is -2.37. The van der Waals surface area contributed by atoms with Gasteiger partial charge in [0.05, 0.1) is 12.4 Å². The average molecular weight is 392 g/mol. The highest BCUT2D eigenvalue weighted by molar-refractivity contribution is 6.30. The van der Waals surface area contributed by atoms with Gasteiger partial charge in [0.25, 0.3) is 0 Å². The van der Waals surface area contributed by atoms with Crippen LogP contribution in [0.1, 0.15) is 18.9 Å². The standard InChI is InChI=1S/C19H23ClFN5O/c1-3-6-26(17-5-4-15(20)11-14(17)2)19(27)25-9-7-24(8-10-25)18-22-12-16(21)13-23-18/h4-5,11-13H,3,6-10H2,1-2H3. The monoisotopic (exact) mass is 391 g/mol. The molecule has 0 radical (unpaired) electrons. The highest BCUT2D eigenvalue weighted by Gasteiger charge is 2.27. The Bertz CT molecular complexity index is 793. The summed E-state index contributed by atoms with van der Waals surface area (Å²) in [7, 11) is 0. The van der Waals surface area contributed by atoms with Gasteiger partial charge in [0.15, 0.2) is 5.82 Å². The molecule has 144 valence electrons. The van der Waals surface area contributed by atoms with E-state index >= 15 is 0 Å². The number of nitrogens with zero attached hydrogens (tertiary/aromatic N) is 5. The van der Waals surface area contributed by atoms with E-state index in [1.165, 1.54) is 0 Å². The van der Waals surface area contributed by atoms with Crippen LogP contribution >= 0.6 is 11.6 Å². The van der Waals surface area contributed by atoms with Crippen LogP contribution in [-0.2, 0) is 0 Å². The molecule has 1 fully saturated rings. The first-order chi connectivity index (χ1) is 13.0. The van der Waals surface area contributed by atoms with Crippen molar-refractivity contribution < 1.29 is 9.18 Å². The predicted molar refractivity (Wildman–Crippen MR) is 105 cm³/mol. The SMILES string of the molecule is CCCN(C(=O)N1CCN(c2ncc(F)cn2)CC1)c1ccc(Cl)cc1C. The molecule has 2 aromatic rings. The van der Waals surface area contributed by atoms with E-state index < -0.39 is 5.82 Å². The number of benzene rings is 1. The smallest absolute Gasteiger partial charge is 0.324 e. The zero-order valence-corrected chi connectivity index (χ0v) is 16.3. The second-order valence-corrected chi connectivity index (χ2v) is 6.98. The largest absolute Gasteiger partial charge is 0.337 e. The lowest BCUT2D eigenvalue weighted by molar-refractivity contribution is 0.200. The van der Waals surface area contributed by atoms with Gasteiger partial charge in [-0.3, -0.25) is 4.90 Å². The molecule has 3 rings (SSSR count). The summed E-state index contributed by atoms with van der Waals surface area (Å²) in [6, 6.07) is 5.57. The van der Waals surface area contributed by atoms with Crippen molar-refractivity contribution in [1.82, 2.24) is 14.9 Å². The third kappa shape index (κ3) is 4.47. The van der Waals surface area contributed by atoms with Crippen molar-refractivity contribution in [3.05, 3.63) is 47.0 Å². The van der Waals surface area contributed by atoms with Crippen molar-refractivity contribution in [2.45, 2.75) is 20.3 Å². The maximum Gasteiger partial charge on any atom is 0.324 e. The van der Waals surface area contributed by atoms with Crippen LogP contribution < -0.4 is 9.80 Å². The fourth-order valence-corrected chi connectivity index (χ4v) is 3.43. The van der Waals surface area contributed by atoms with Crippen LogP contribution in [-0.4, -0.2) is 53.6 Å². The van der Waals surface area contributed by atoms with Gasteiger partial charge in [0, 0.05) is 43.4 Å². The predicted octanol–water partition coefficient (Wildman–Crippen LogP) is 3.74. The van der Waals surface area contributed by atoms with E-state index in [4.69, 9.17) is 11.6 Å². The molecule has 0 saturated carbocycles. The van der Waals surface area contributed by atoms with Crippen LogP contribution in [0.25, 0.3) is 0 Å². The number of aromatic nitrogens is 2. The second-order valence-electron chi connectivity index (χ2n) is 6.54. The van der Waals surface area contributed by atoms with Gasteiger partial charge in [0.2, 0.25) is 5.95 Å². The number of rotatable bonds is 4. The Morgan fingerprint density at radius 1 is 1.22 bits per heavy atom. The van der Waals surface area contributed by atoms with Crippen LogP contribution in [0, 0.1) is 12.7 Å². The fraction of sp³-hybridized carbons (Fsp3) is 0.421. The molecule has 1 aliphatic heterocycles. The van der Waals surface area contributed by atoms with Gasteiger partial charge < -0.3 is 9.80 Å². The summed E-state index contributed by atoms with van der Waals surface area (Å²) in [4.78, 5) is 26.8. The van der Waals surface area contributed by atoms with Crippen LogP contribution in [0.5, 0.6) is 0 Å². The molecule has 0 N–H and O–H groups in total. The second kappa shape index (κ2) is 8.52. The van der Waals surface area contributed by atoms with Gasteiger partial charge >= 0.3 is 6.03 Å². The highest BCUT2D eigenvalue weighted by Crippen LogP contribution is 2.25. The van der Waals surface area contributed by atoms with E-state index in [1.54, 1.807) is 0 Å². The van der Waals surface area contributed by atoms with Gasteiger partial charge in [0.1, 0.15) is 0 Å². The van der Waals surface area contributed by atoms with E-state index in [2.05, 4.69) is 16.9 Å². The lowest BCUT2D eigenvalue weighted by Crippen LogP contribution is -2.53. The number of urea groups is 1. The van der Waals surface area contributed by atoms with E-state index in [-0.39, 0.29) is 6.03 Å². The molecule has 2 amide bonds. The summed E-state index contributed by atoms with van der Waals surface area (Å²) >= 11 is 6.06. The summed E-state index contributed by atoms with van der Waals surface area (Å²) in [6.45, 7) is 6.99. The van der Waals surface area contributed by atoms with Crippen molar-refractivity contribution >= 4 is 29.3 Å². The molecule has 1 aromatic carbocycles. The van der Waals surface area contributed by atoms with Crippen LogP contribution in [0.2, 0.25) is 5.02 Å². The van der Waals surface area contributed by atoms with Gasteiger partial charge in [-0.05, 0) is 37.1 Å². The summed E-state index contributed by atoms with van der Waals surface area (Å²) in [5.41, 5.74) is 1.86. The summed E-state index contributed by atoms with van der Waals surface area (Å²) < 4.78 is 13.0. The third-order valence-corrected chi connectivity index (χ3v) is 4.80. The number of amides is 2. The number of halogens is 2. The Hall–Kier alpha value is -2.41. The molecule has 0 atom stereocenters. The molecule has 1 saturated heterocycles. The van der Waals surface area contributed by atoms with Gasteiger partial charge in [-0.25, -0.2) is 19.2 Å². The highest BCUT2D eigenvalue weighted by atomic mass is 35.5. The van der Waals surface area contributed by atoms with E-state index in [9.17, 15) is 9.18 Å². The normalized spacial score (nSPS) is 14.4. The molecule has 0 unspecified atom stereocenters. The third-order valence-electron chi connectivity index (χ3n) is 4.57. The number of hydrogen-bond donors (Lipinski definition) is 0. The molecular formula is C19H23ClFN5O. The van der Waals surface area contributed by atoms with Crippen molar-refractivity contribution in [3.63, 3.8) is 0 Å². The molecule has 0 bridgehead atoms. The molecule has 1 aromatic heterocycles.